The van der Waals surface area contributed by atoms with Gasteiger partial charge in [0.05, 0.1) is 22.6 Å². The van der Waals surface area contributed by atoms with Gasteiger partial charge in [-0.3, -0.25) is 14.5 Å². The summed E-state index contributed by atoms with van der Waals surface area (Å²) in [5.74, 6) is 1.36. The van der Waals surface area contributed by atoms with Crippen LogP contribution in [0.5, 0.6) is 5.75 Å². The minimum atomic E-state index is -0.273. The van der Waals surface area contributed by atoms with Crippen LogP contribution < -0.4 is 10.1 Å². The number of rotatable bonds is 7. The highest BCUT2D eigenvalue weighted by Gasteiger charge is 2.21. The highest BCUT2D eigenvalue weighted by molar-refractivity contribution is 6.32. The number of hydrogen-bond donors (Lipinski definition) is 1. The van der Waals surface area contributed by atoms with Gasteiger partial charge in [-0.25, -0.2) is 4.98 Å². The zero-order valence-electron chi connectivity index (χ0n) is 18.9. The van der Waals surface area contributed by atoms with Crippen LogP contribution in [0.15, 0.2) is 42.5 Å². The van der Waals surface area contributed by atoms with Crippen molar-refractivity contribution >= 4 is 40.1 Å². The summed E-state index contributed by atoms with van der Waals surface area (Å²) in [6.45, 7) is 5.65. The normalized spacial score (nSPS) is 14.5. The number of nitrogens with one attached hydrogen (secondary N) is 1. The molecule has 0 saturated carbocycles. The van der Waals surface area contributed by atoms with E-state index in [-0.39, 0.29) is 18.4 Å². The first-order chi connectivity index (χ1) is 15.9. The Labute approximate surface area is 198 Å². The second kappa shape index (κ2) is 10.2. The summed E-state index contributed by atoms with van der Waals surface area (Å²) >= 11 is 6.06. The number of amides is 2. The smallest absolute Gasteiger partial charge is 0.262 e. The van der Waals surface area contributed by atoms with Gasteiger partial charge in [-0.1, -0.05) is 30.7 Å². The van der Waals surface area contributed by atoms with Gasteiger partial charge in [0.15, 0.2) is 6.61 Å². The van der Waals surface area contributed by atoms with Crippen molar-refractivity contribution in [1.29, 1.82) is 0 Å². The summed E-state index contributed by atoms with van der Waals surface area (Å²) in [6, 6.07) is 12.7. The summed E-state index contributed by atoms with van der Waals surface area (Å²) in [4.78, 5) is 33.2. The number of para-hydroxylation sites is 1. The molecular weight excluding hydrogens is 442 g/mol. The largest absolute Gasteiger partial charge is 0.482 e. The van der Waals surface area contributed by atoms with Crippen LogP contribution in [0.2, 0.25) is 5.02 Å². The summed E-state index contributed by atoms with van der Waals surface area (Å²) in [5.41, 5.74) is 2.47. The van der Waals surface area contributed by atoms with Crippen LogP contribution in [0.1, 0.15) is 19.2 Å². The lowest BCUT2D eigenvalue weighted by Gasteiger charge is -2.34. The first-order valence-corrected chi connectivity index (χ1v) is 11.4. The van der Waals surface area contributed by atoms with Crippen molar-refractivity contribution in [3.63, 3.8) is 0 Å². The first-order valence-electron chi connectivity index (χ1n) is 11.1. The number of nitrogens with zero attached hydrogens (tertiary/aromatic N) is 4. The number of benzene rings is 2. The van der Waals surface area contributed by atoms with Crippen LogP contribution >= 0.6 is 11.6 Å². The maximum absolute atomic E-state index is 12.3. The molecule has 2 heterocycles. The molecule has 1 saturated heterocycles. The van der Waals surface area contributed by atoms with Crippen molar-refractivity contribution < 1.29 is 14.3 Å². The molecule has 0 unspecified atom stereocenters. The number of aromatic nitrogens is 2. The third kappa shape index (κ3) is 5.46. The Balaban J connectivity index is 1.37. The van der Waals surface area contributed by atoms with Crippen LogP contribution in [0, 0.1) is 0 Å². The molecule has 8 nitrogen and oxygen atoms in total. The quantitative estimate of drug-likeness (QED) is 0.574. The van der Waals surface area contributed by atoms with Gasteiger partial charge in [-0.05, 0) is 30.3 Å². The molecular formula is C24H28ClN5O3. The Kier molecular flexibility index (Phi) is 7.15. The van der Waals surface area contributed by atoms with Gasteiger partial charge in [-0.2, -0.15) is 0 Å². The Morgan fingerprint density at radius 3 is 2.61 bits per heavy atom. The molecule has 1 fully saturated rings. The van der Waals surface area contributed by atoms with Crippen LogP contribution in [0.4, 0.5) is 5.69 Å². The van der Waals surface area contributed by atoms with Gasteiger partial charge in [-0.15, -0.1) is 0 Å². The van der Waals surface area contributed by atoms with E-state index >= 15 is 0 Å². The molecule has 2 aromatic carbocycles. The van der Waals surface area contributed by atoms with E-state index < -0.39 is 0 Å². The first kappa shape index (κ1) is 23.1. The van der Waals surface area contributed by atoms with Crippen molar-refractivity contribution in [3.05, 3.63) is 53.3 Å². The van der Waals surface area contributed by atoms with Crippen molar-refractivity contribution in [3.8, 4) is 5.75 Å². The maximum Gasteiger partial charge on any atom is 0.262 e. The fourth-order valence-corrected chi connectivity index (χ4v) is 4.14. The third-order valence-electron chi connectivity index (χ3n) is 5.85. The molecule has 1 aliphatic heterocycles. The zero-order valence-corrected chi connectivity index (χ0v) is 19.6. The Hall–Kier alpha value is -3.10. The number of ether oxygens (including phenoxy) is 1. The highest BCUT2D eigenvalue weighted by atomic mass is 35.5. The number of imidazole rings is 1. The number of halogens is 1. The van der Waals surface area contributed by atoms with Crippen LogP contribution in [-0.2, 0) is 23.2 Å². The predicted octanol–water partition coefficient (Wildman–Crippen LogP) is 3.30. The molecule has 9 heteroatoms. The van der Waals surface area contributed by atoms with Crippen molar-refractivity contribution in [2.75, 3.05) is 38.1 Å². The fraction of sp³-hybridized carbons (Fsp3) is 0.375. The lowest BCUT2D eigenvalue weighted by molar-refractivity contribution is -0.132. The van der Waals surface area contributed by atoms with E-state index in [9.17, 15) is 9.59 Å². The molecule has 0 spiro atoms. The van der Waals surface area contributed by atoms with Gasteiger partial charge >= 0.3 is 0 Å². The number of anilines is 1. The summed E-state index contributed by atoms with van der Waals surface area (Å²) in [7, 11) is 2.00. The van der Waals surface area contributed by atoms with E-state index in [0.29, 0.717) is 29.4 Å². The van der Waals surface area contributed by atoms with E-state index in [1.165, 1.54) is 0 Å². The standard InChI is InChI=1S/C24H28ClN5O3/c1-3-24(32)30-12-10-29(11-13-30)15-22-27-19-14-17(8-9-20(19)28(22)2)26-23(31)16-33-21-7-5-4-6-18(21)25/h4-9,14H,3,10-13,15-16H2,1-2H3,(H,26,31). The zero-order chi connectivity index (χ0) is 23.4. The van der Waals surface area contributed by atoms with Crippen LogP contribution in [0.3, 0.4) is 0 Å². The molecule has 1 aromatic heterocycles. The lowest BCUT2D eigenvalue weighted by Crippen LogP contribution is -2.48. The number of fused-ring (bicyclic) bond motifs is 1. The SMILES string of the molecule is CCC(=O)N1CCN(Cc2nc3cc(NC(=O)COc4ccccc4Cl)ccc3n2C)CC1. The van der Waals surface area contributed by atoms with Gasteiger partial charge in [0, 0.05) is 45.3 Å². The molecule has 0 bridgehead atoms. The maximum atomic E-state index is 12.3. The summed E-state index contributed by atoms with van der Waals surface area (Å²) in [6.07, 6.45) is 0.551. The Morgan fingerprint density at radius 1 is 1.12 bits per heavy atom. The van der Waals surface area contributed by atoms with Gasteiger partial charge < -0.3 is 19.5 Å². The Bertz CT molecular complexity index is 1150. The van der Waals surface area contributed by atoms with Crippen molar-refractivity contribution in [1.82, 2.24) is 19.4 Å². The topological polar surface area (TPSA) is 79.7 Å². The third-order valence-corrected chi connectivity index (χ3v) is 6.16. The molecule has 0 atom stereocenters. The molecule has 3 aromatic rings. The van der Waals surface area contributed by atoms with Crippen molar-refractivity contribution in [2.45, 2.75) is 19.9 Å². The molecule has 4 rings (SSSR count). The van der Waals surface area contributed by atoms with Gasteiger partial charge in [0.2, 0.25) is 5.91 Å². The van der Waals surface area contributed by atoms with E-state index in [4.69, 9.17) is 21.3 Å². The molecule has 1 aliphatic rings. The number of carbonyl (C=O) groups excluding carboxylic acids is 2. The number of piperazine rings is 1. The molecule has 2 amide bonds. The van der Waals surface area contributed by atoms with Crippen LogP contribution in [0.25, 0.3) is 11.0 Å². The van der Waals surface area contributed by atoms with Crippen molar-refractivity contribution in [2.24, 2.45) is 7.05 Å². The lowest BCUT2D eigenvalue weighted by atomic mass is 10.2. The van der Waals surface area contributed by atoms with Crippen LogP contribution in [-0.4, -0.2) is 64.0 Å². The molecule has 0 aliphatic carbocycles. The van der Waals surface area contributed by atoms with E-state index in [1.54, 1.807) is 24.3 Å². The monoisotopic (exact) mass is 469 g/mol. The summed E-state index contributed by atoms with van der Waals surface area (Å²) < 4.78 is 7.58. The van der Waals surface area contributed by atoms with E-state index in [1.807, 2.05) is 37.1 Å². The molecule has 1 N–H and O–H groups in total. The Morgan fingerprint density at radius 2 is 1.88 bits per heavy atom. The minimum absolute atomic E-state index is 0.137. The average molecular weight is 470 g/mol. The van der Waals surface area contributed by atoms with E-state index in [0.717, 1.165) is 43.0 Å². The predicted molar refractivity (Wildman–Crippen MR) is 128 cm³/mol. The second-order valence-corrected chi connectivity index (χ2v) is 8.48. The number of carbonyl (C=O) groups is 2. The fourth-order valence-electron chi connectivity index (χ4n) is 3.95. The van der Waals surface area contributed by atoms with Gasteiger partial charge in [0.1, 0.15) is 11.6 Å². The molecule has 33 heavy (non-hydrogen) atoms. The number of aryl methyl sites for hydroxylation is 1. The molecule has 174 valence electrons. The molecule has 0 radical (unpaired) electrons. The summed E-state index contributed by atoms with van der Waals surface area (Å²) in [5, 5.41) is 3.31. The van der Waals surface area contributed by atoms with Gasteiger partial charge in [0.25, 0.3) is 5.91 Å². The minimum Gasteiger partial charge on any atom is -0.482 e. The average Bonchev–Trinajstić information content (AvgIpc) is 3.13. The number of hydrogen-bond acceptors (Lipinski definition) is 5. The second-order valence-electron chi connectivity index (χ2n) is 8.07. The van der Waals surface area contributed by atoms with E-state index in [2.05, 4.69) is 14.8 Å². The highest BCUT2D eigenvalue weighted by Crippen LogP contribution is 2.24.